The molecule has 1 aliphatic rings. The van der Waals surface area contributed by atoms with Crippen LogP contribution >= 0.6 is 35.0 Å². The maximum absolute atomic E-state index is 12.5. The van der Waals surface area contributed by atoms with Crippen molar-refractivity contribution in [3.05, 3.63) is 28.2 Å². The van der Waals surface area contributed by atoms with Crippen LogP contribution in [0.2, 0.25) is 10.0 Å². The lowest BCUT2D eigenvalue weighted by Gasteiger charge is -2.27. The summed E-state index contributed by atoms with van der Waals surface area (Å²) in [5, 5.41) is 12.3. The first-order chi connectivity index (χ1) is 12.5. The fourth-order valence-electron chi connectivity index (χ4n) is 2.49. The minimum absolute atomic E-state index is 0.185. The van der Waals surface area contributed by atoms with Crippen LogP contribution in [0.5, 0.6) is 0 Å². The standard InChI is InChI=1S/C16H19Cl2N5O2S/c1-10(14(24)19-12-5-3-4-11(17)13(12)18)26-16-21-20-15(22(16)2)23-6-8-25-9-7-23/h3-5,10H,6-9H2,1-2H3,(H,19,24). The fraction of sp³-hybridized carbons (Fsp3) is 0.438. The Morgan fingerprint density at radius 2 is 2.04 bits per heavy atom. The number of anilines is 2. The highest BCUT2D eigenvalue weighted by atomic mass is 35.5. The minimum atomic E-state index is -0.384. The van der Waals surface area contributed by atoms with Gasteiger partial charge in [-0.15, -0.1) is 10.2 Å². The number of hydrogen-bond donors (Lipinski definition) is 1. The van der Waals surface area contributed by atoms with Crippen molar-refractivity contribution in [2.75, 3.05) is 36.5 Å². The maximum Gasteiger partial charge on any atom is 0.237 e. The van der Waals surface area contributed by atoms with Crippen molar-refractivity contribution in [3.63, 3.8) is 0 Å². The second kappa shape index (κ2) is 8.47. The molecule has 1 atom stereocenters. The first kappa shape index (κ1) is 19.3. The average molecular weight is 416 g/mol. The molecule has 0 saturated carbocycles. The zero-order valence-electron chi connectivity index (χ0n) is 14.4. The Hall–Kier alpha value is -1.48. The van der Waals surface area contributed by atoms with E-state index in [2.05, 4.69) is 20.4 Å². The van der Waals surface area contributed by atoms with Crippen molar-refractivity contribution in [3.8, 4) is 0 Å². The number of rotatable bonds is 5. The van der Waals surface area contributed by atoms with Gasteiger partial charge in [-0.2, -0.15) is 0 Å². The van der Waals surface area contributed by atoms with Gasteiger partial charge in [0, 0.05) is 20.1 Å². The number of aromatic nitrogens is 3. The molecule has 1 unspecified atom stereocenters. The van der Waals surface area contributed by atoms with E-state index in [9.17, 15) is 4.79 Å². The molecule has 1 fully saturated rings. The lowest BCUT2D eigenvalue weighted by molar-refractivity contribution is -0.115. The topological polar surface area (TPSA) is 72.3 Å². The van der Waals surface area contributed by atoms with E-state index in [1.807, 2.05) is 18.5 Å². The van der Waals surface area contributed by atoms with E-state index in [4.69, 9.17) is 27.9 Å². The molecule has 1 aromatic heterocycles. The van der Waals surface area contributed by atoms with Crippen molar-refractivity contribution in [2.24, 2.45) is 7.05 Å². The summed E-state index contributed by atoms with van der Waals surface area (Å²) in [5.74, 6) is 0.594. The fourth-order valence-corrected chi connectivity index (χ4v) is 3.65. The zero-order chi connectivity index (χ0) is 18.7. The van der Waals surface area contributed by atoms with Gasteiger partial charge >= 0.3 is 0 Å². The molecule has 2 heterocycles. The van der Waals surface area contributed by atoms with E-state index in [1.54, 1.807) is 18.2 Å². The van der Waals surface area contributed by atoms with Crippen LogP contribution in [0.1, 0.15) is 6.92 Å². The number of ether oxygens (including phenoxy) is 1. The van der Waals surface area contributed by atoms with E-state index in [0.29, 0.717) is 34.1 Å². The normalized spacial score (nSPS) is 15.8. The molecular weight excluding hydrogens is 397 g/mol. The Morgan fingerprint density at radius 1 is 1.31 bits per heavy atom. The summed E-state index contributed by atoms with van der Waals surface area (Å²) in [4.78, 5) is 14.6. The smallest absolute Gasteiger partial charge is 0.237 e. The molecule has 26 heavy (non-hydrogen) atoms. The van der Waals surface area contributed by atoms with Gasteiger partial charge < -0.3 is 15.0 Å². The van der Waals surface area contributed by atoms with Crippen molar-refractivity contribution >= 4 is 52.5 Å². The van der Waals surface area contributed by atoms with Gasteiger partial charge in [0.15, 0.2) is 5.16 Å². The van der Waals surface area contributed by atoms with Crippen LogP contribution in [-0.2, 0) is 16.6 Å². The molecule has 0 bridgehead atoms. The first-order valence-corrected chi connectivity index (χ1v) is 9.74. The summed E-state index contributed by atoms with van der Waals surface area (Å²) in [5.41, 5.74) is 0.489. The minimum Gasteiger partial charge on any atom is -0.378 e. The van der Waals surface area contributed by atoms with Crippen LogP contribution < -0.4 is 10.2 Å². The molecule has 3 rings (SSSR count). The van der Waals surface area contributed by atoms with Crippen LogP contribution in [0.4, 0.5) is 11.6 Å². The molecule has 1 amide bonds. The number of carbonyl (C=O) groups excluding carboxylic acids is 1. The molecule has 0 spiro atoms. The Morgan fingerprint density at radius 3 is 2.77 bits per heavy atom. The summed E-state index contributed by atoms with van der Waals surface area (Å²) in [7, 11) is 1.89. The van der Waals surface area contributed by atoms with Gasteiger partial charge in [0.25, 0.3) is 0 Å². The third kappa shape index (κ3) is 4.25. The van der Waals surface area contributed by atoms with E-state index < -0.39 is 0 Å². The Kier molecular flexibility index (Phi) is 6.29. The molecule has 140 valence electrons. The van der Waals surface area contributed by atoms with E-state index in [0.717, 1.165) is 19.0 Å². The van der Waals surface area contributed by atoms with Gasteiger partial charge in [-0.3, -0.25) is 9.36 Å². The molecule has 1 saturated heterocycles. The summed E-state index contributed by atoms with van der Waals surface area (Å²) >= 11 is 13.4. The molecule has 2 aromatic rings. The Labute approximate surface area is 166 Å². The van der Waals surface area contributed by atoms with Gasteiger partial charge in [-0.05, 0) is 19.1 Å². The molecule has 1 aromatic carbocycles. The van der Waals surface area contributed by atoms with Gasteiger partial charge in [0.05, 0.1) is 34.2 Å². The average Bonchev–Trinajstić information content (AvgIpc) is 3.00. The van der Waals surface area contributed by atoms with Crippen molar-refractivity contribution in [1.82, 2.24) is 14.8 Å². The molecule has 7 nitrogen and oxygen atoms in total. The third-order valence-corrected chi connectivity index (χ3v) is 5.92. The number of nitrogens with zero attached hydrogens (tertiary/aromatic N) is 4. The monoisotopic (exact) mass is 415 g/mol. The molecule has 1 aliphatic heterocycles. The number of halogens is 2. The largest absolute Gasteiger partial charge is 0.378 e. The number of carbonyl (C=O) groups is 1. The number of thioether (sulfide) groups is 1. The van der Waals surface area contributed by atoms with Crippen LogP contribution in [0.15, 0.2) is 23.4 Å². The van der Waals surface area contributed by atoms with Gasteiger partial charge in [-0.1, -0.05) is 41.0 Å². The second-order valence-electron chi connectivity index (χ2n) is 5.79. The van der Waals surface area contributed by atoms with Crippen LogP contribution in [-0.4, -0.2) is 52.2 Å². The van der Waals surface area contributed by atoms with Crippen LogP contribution in [0.25, 0.3) is 0 Å². The summed E-state index contributed by atoms with van der Waals surface area (Å²) in [6.07, 6.45) is 0. The predicted molar refractivity (Wildman–Crippen MR) is 104 cm³/mol. The Bertz CT molecular complexity index is 795. The zero-order valence-corrected chi connectivity index (χ0v) is 16.7. The highest BCUT2D eigenvalue weighted by Crippen LogP contribution is 2.31. The predicted octanol–water partition coefficient (Wildman–Crippen LogP) is 3.08. The van der Waals surface area contributed by atoms with Crippen LogP contribution in [0, 0.1) is 0 Å². The lowest BCUT2D eigenvalue weighted by Crippen LogP contribution is -2.37. The van der Waals surface area contributed by atoms with Crippen molar-refractivity contribution < 1.29 is 9.53 Å². The first-order valence-electron chi connectivity index (χ1n) is 8.11. The number of amides is 1. The van der Waals surface area contributed by atoms with Gasteiger partial charge in [0.1, 0.15) is 0 Å². The SMILES string of the molecule is CC(Sc1nnc(N2CCOCC2)n1C)C(=O)Nc1cccc(Cl)c1Cl. The summed E-state index contributed by atoms with van der Waals surface area (Å²) in [6, 6.07) is 5.12. The van der Waals surface area contributed by atoms with Gasteiger partial charge in [0.2, 0.25) is 11.9 Å². The van der Waals surface area contributed by atoms with E-state index in [-0.39, 0.29) is 11.2 Å². The molecule has 10 heteroatoms. The Balaban J connectivity index is 1.66. The molecular formula is C16H19Cl2N5O2S. The quantitative estimate of drug-likeness (QED) is 0.756. The third-order valence-electron chi connectivity index (χ3n) is 3.97. The molecule has 0 radical (unpaired) electrons. The van der Waals surface area contributed by atoms with Gasteiger partial charge in [-0.25, -0.2) is 0 Å². The van der Waals surface area contributed by atoms with E-state index in [1.165, 1.54) is 11.8 Å². The van der Waals surface area contributed by atoms with Crippen molar-refractivity contribution in [2.45, 2.75) is 17.3 Å². The number of morpholine rings is 1. The highest BCUT2D eigenvalue weighted by Gasteiger charge is 2.22. The summed E-state index contributed by atoms with van der Waals surface area (Å²) < 4.78 is 7.26. The summed E-state index contributed by atoms with van der Waals surface area (Å²) in [6.45, 7) is 4.71. The maximum atomic E-state index is 12.5. The van der Waals surface area contributed by atoms with E-state index >= 15 is 0 Å². The van der Waals surface area contributed by atoms with Crippen molar-refractivity contribution in [1.29, 1.82) is 0 Å². The van der Waals surface area contributed by atoms with Crippen LogP contribution in [0.3, 0.4) is 0 Å². The highest BCUT2D eigenvalue weighted by molar-refractivity contribution is 8.00. The lowest BCUT2D eigenvalue weighted by atomic mass is 10.3. The molecule has 0 aliphatic carbocycles. The second-order valence-corrected chi connectivity index (χ2v) is 7.88. The number of hydrogen-bond acceptors (Lipinski definition) is 6. The number of benzene rings is 1. The molecule has 1 N–H and O–H groups in total. The number of nitrogens with one attached hydrogen (secondary N) is 1.